The standard InChI is InChI=1S/C11H15ClF2N4/c1-3-7-10-11(17(2)16-7)18(6-8(13)14)9(15-10)4-5-12/h8H,3-6H2,1-2H3. The van der Waals surface area contributed by atoms with Gasteiger partial charge in [0.1, 0.15) is 11.3 Å². The summed E-state index contributed by atoms with van der Waals surface area (Å²) in [5, 5.41) is 4.29. The minimum atomic E-state index is -2.42. The van der Waals surface area contributed by atoms with E-state index in [9.17, 15) is 8.78 Å². The molecule has 0 aliphatic carbocycles. The second-order valence-electron chi connectivity index (χ2n) is 4.06. The highest BCUT2D eigenvalue weighted by Gasteiger charge is 2.20. The van der Waals surface area contributed by atoms with Crippen molar-refractivity contribution in [3.63, 3.8) is 0 Å². The van der Waals surface area contributed by atoms with Gasteiger partial charge in [0.05, 0.1) is 12.2 Å². The number of aryl methyl sites for hydroxylation is 3. The van der Waals surface area contributed by atoms with E-state index in [-0.39, 0.29) is 6.54 Å². The van der Waals surface area contributed by atoms with Gasteiger partial charge in [0, 0.05) is 19.3 Å². The van der Waals surface area contributed by atoms with Crippen LogP contribution in [0.15, 0.2) is 0 Å². The lowest BCUT2D eigenvalue weighted by Gasteiger charge is -2.07. The van der Waals surface area contributed by atoms with Gasteiger partial charge < -0.3 is 4.57 Å². The largest absolute Gasteiger partial charge is 0.307 e. The molecule has 4 nitrogen and oxygen atoms in total. The van der Waals surface area contributed by atoms with Crippen molar-refractivity contribution >= 4 is 22.8 Å². The number of imidazole rings is 1. The molecule has 0 amide bonds. The van der Waals surface area contributed by atoms with Gasteiger partial charge in [-0.2, -0.15) is 5.10 Å². The van der Waals surface area contributed by atoms with E-state index in [0.717, 1.165) is 12.1 Å². The zero-order valence-electron chi connectivity index (χ0n) is 10.3. The first-order valence-electron chi connectivity index (χ1n) is 5.83. The molecule has 2 rings (SSSR count). The molecule has 0 aromatic carbocycles. The molecule has 0 unspecified atom stereocenters. The third-order valence-electron chi connectivity index (χ3n) is 2.84. The highest BCUT2D eigenvalue weighted by Crippen LogP contribution is 2.21. The maximum Gasteiger partial charge on any atom is 0.256 e. The van der Waals surface area contributed by atoms with Gasteiger partial charge in [-0.05, 0) is 6.42 Å². The first kappa shape index (κ1) is 13.3. The molecule has 0 saturated carbocycles. The molecule has 2 aromatic heterocycles. The molecule has 0 saturated heterocycles. The Bertz CT molecular complexity index is 547. The van der Waals surface area contributed by atoms with Crippen molar-refractivity contribution in [3.8, 4) is 0 Å². The highest BCUT2D eigenvalue weighted by atomic mass is 35.5. The van der Waals surface area contributed by atoms with Crippen LogP contribution in [0.5, 0.6) is 0 Å². The number of fused-ring (bicyclic) bond motifs is 1. The molecule has 100 valence electrons. The van der Waals surface area contributed by atoms with Crippen molar-refractivity contribution in [3.05, 3.63) is 11.5 Å². The summed E-state index contributed by atoms with van der Waals surface area (Å²) in [7, 11) is 1.75. The van der Waals surface area contributed by atoms with E-state index < -0.39 is 6.43 Å². The van der Waals surface area contributed by atoms with E-state index >= 15 is 0 Å². The molecule has 0 N–H and O–H groups in total. The molecule has 0 radical (unpaired) electrons. The van der Waals surface area contributed by atoms with Crippen LogP contribution in [0, 0.1) is 0 Å². The van der Waals surface area contributed by atoms with Crippen molar-refractivity contribution in [1.29, 1.82) is 0 Å². The van der Waals surface area contributed by atoms with Crippen LogP contribution in [-0.2, 0) is 26.4 Å². The van der Waals surface area contributed by atoms with Crippen LogP contribution in [0.25, 0.3) is 11.2 Å². The van der Waals surface area contributed by atoms with E-state index in [0.29, 0.717) is 29.3 Å². The summed E-state index contributed by atoms with van der Waals surface area (Å²) in [6, 6.07) is 0. The van der Waals surface area contributed by atoms with E-state index in [2.05, 4.69) is 10.1 Å². The molecular weight excluding hydrogens is 262 g/mol. The smallest absolute Gasteiger partial charge is 0.256 e. The van der Waals surface area contributed by atoms with Gasteiger partial charge in [-0.25, -0.2) is 13.8 Å². The molecule has 0 spiro atoms. The monoisotopic (exact) mass is 276 g/mol. The third-order valence-corrected chi connectivity index (χ3v) is 3.03. The second-order valence-corrected chi connectivity index (χ2v) is 4.44. The summed E-state index contributed by atoms with van der Waals surface area (Å²) in [5.74, 6) is 0.963. The summed E-state index contributed by atoms with van der Waals surface area (Å²) in [5.41, 5.74) is 2.18. The number of aromatic nitrogens is 4. The quantitative estimate of drug-likeness (QED) is 0.786. The minimum Gasteiger partial charge on any atom is -0.307 e. The zero-order chi connectivity index (χ0) is 13.3. The molecule has 0 atom stereocenters. The summed E-state index contributed by atoms with van der Waals surface area (Å²) < 4.78 is 28.4. The van der Waals surface area contributed by atoms with Crippen LogP contribution in [0.4, 0.5) is 8.78 Å². The SMILES string of the molecule is CCc1nn(C)c2c1nc(CCCl)n2CC(F)F. The summed E-state index contributed by atoms with van der Waals surface area (Å²) in [4.78, 5) is 4.41. The Kier molecular flexibility index (Phi) is 3.85. The van der Waals surface area contributed by atoms with Crippen LogP contribution < -0.4 is 0 Å². The van der Waals surface area contributed by atoms with Gasteiger partial charge in [-0.15, -0.1) is 11.6 Å². The Morgan fingerprint density at radius 2 is 2.11 bits per heavy atom. The molecule has 7 heteroatoms. The molecule has 18 heavy (non-hydrogen) atoms. The number of nitrogens with zero attached hydrogens (tertiary/aromatic N) is 4. The number of alkyl halides is 3. The number of hydrogen-bond donors (Lipinski definition) is 0. The van der Waals surface area contributed by atoms with E-state index in [1.165, 1.54) is 4.57 Å². The fourth-order valence-electron chi connectivity index (χ4n) is 2.13. The van der Waals surface area contributed by atoms with Gasteiger partial charge in [0.25, 0.3) is 6.43 Å². The molecule has 2 aromatic rings. The summed E-state index contributed by atoms with van der Waals surface area (Å²) >= 11 is 5.69. The second kappa shape index (κ2) is 5.22. The zero-order valence-corrected chi connectivity index (χ0v) is 11.1. The van der Waals surface area contributed by atoms with Gasteiger partial charge in [-0.1, -0.05) is 6.92 Å². The lowest BCUT2D eigenvalue weighted by Crippen LogP contribution is -2.13. The Morgan fingerprint density at radius 3 is 2.67 bits per heavy atom. The fourth-order valence-corrected chi connectivity index (χ4v) is 2.30. The van der Waals surface area contributed by atoms with Crippen molar-refractivity contribution < 1.29 is 8.78 Å². The third kappa shape index (κ3) is 2.21. The first-order chi connectivity index (χ1) is 8.58. The van der Waals surface area contributed by atoms with Crippen LogP contribution in [0.3, 0.4) is 0 Å². The predicted octanol–water partition coefficient (Wildman–Crippen LogP) is 2.38. The maximum atomic E-state index is 12.7. The Labute approximate surface area is 109 Å². The maximum absolute atomic E-state index is 12.7. The minimum absolute atomic E-state index is 0.363. The van der Waals surface area contributed by atoms with Gasteiger partial charge in [0.15, 0.2) is 5.65 Å². The lowest BCUT2D eigenvalue weighted by atomic mass is 10.3. The van der Waals surface area contributed by atoms with E-state index in [1.54, 1.807) is 11.7 Å². The van der Waals surface area contributed by atoms with Crippen molar-refractivity contribution in [2.75, 3.05) is 5.88 Å². The highest BCUT2D eigenvalue weighted by molar-refractivity contribution is 6.17. The summed E-state index contributed by atoms with van der Waals surface area (Å²) in [6.07, 6.45) is -1.22. The molecule has 0 fully saturated rings. The van der Waals surface area contributed by atoms with Crippen molar-refractivity contribution in [2.24, 2.45) is 7.05 Å². The number of halogens is 3. The van der Waals surface area contributed by atoms with Crippen LogP contribution >= 0.6 is 11.6 Å². The van der Waals surface area contributed by atoms with Crippen LogP contribution in [0.2, 0.25) is 0 Å². The van der Waals surface area contributed by atoms with Crippen molar-refractivity contribution in [2.45, 2.75) is 32.7 Å². The average molecular weight is 277 g/mol. The molecule has 2 heterocycles. The van der Waals surface area contributed by atoms with E-state index in [4.69, 9.17) is 11.6 Å². The Morgan fingerprint density at radius 1 is 1.39 bits per heavy atom. The Hall–Kier alpha value is -1.17. The average Bonchev–Trinajstić information content (AvgIpc) is 2.79. The molecule has 0 aliphatic heterocycles. The molecule has 0 aliphatic rings. The van der Waals surface area contributed by atoms with Crippen LogP contribution in [-0.4, -0.2) is 31.6 Å². The van der Waals surface area contributed by atoms with Crippen LogP contribution in [0.1, 0.15) is 18.4 Å². The van der Waals surface area contributed by atoms with E-state index in [1.807, 2.05) is 6.92 Å². The first-order valence-corrected chi connectivity index (χ1v) is 6.37. The van der Waals surface area contributed by atoms with Gasteiger partial charge in [0.2, 0.25) is 0 Å². The number of rotatable bonds is 5. The number of hydrogen-bond acceptors (Lipinski definition) is 2. The van der Waals surface area contributed by atoms with Gasteiger partial charge in [-0.3, -0.25) is 4.68 Å². The topological polar surface area (TPSA) is 35.6 Å². The summed E-state index contributed by atoms with van der Waals surface area (Å²) in [6.45, 7) is 1.60. The normalized spacial score (nSPS) is 11.9. The predicted molar refractivity (Wildman–Crippen MR) is 66.3 cm³/mol. The van der Waals surface area contributed by atoms with Gasteiger partial charge >= 0.3 is 0 Å². The Balaban J connectivity index is 2.60. The lowest BCUT2D eigenvalue weighted by molar-refractivity contribution is 0.126. The molecule has 0 bridgehead atoms. The van der Waals surface area contributed by atoms with Crippen molar-refractivity contribution in [1.82, 2.24) is 19.3 Å². The fraction of sp³-hybridized carbons (Fsp3) is 0.636. The molecular formula is C11H15ClF2N4.